The van der Waals surface area contributed by atoms with Crippen LogP contribution in [0.5, 0.6) is 0 Å². The Hall–Kier alpha value is -1.68. The molecule has 0 saturated carbocycles. The standard InChI is InChI=1S/C15H16O3S/c1-12-8-9-14(18-12)19-11-5-10-17-15(16)13-6-3-2-4-7-13/h2-4,6-9H,5,10-11H2,1H3. The van der Waals surface area contributed by atoms with Gasteiger partial charge in [0.05, 0.1) is 12.2 Å². The summed E-state index contributed by atoms with van der Waals surface area (Å²) in [5.74, 6) is 1.52. The highest BCUT2D eigenvalue weighted by atomic mass is 32.2. The van der Waals surface area contributed by atoms with E-state index in [0.29, 0.717) is 12.2 Å². The molecule has 0 radical (unpaired) electrons. The van der Waals surface area contributed by atoms with Gasteiger partial charge < -0.3 is 9.15 Å². The minimum absolute atomic E-state index is 0.264. The number of rotatable bonds is 6. The average Bonchev–Trinajstić information content (AvgIpc) is 2.85. The number of aryl methyl sites for hydroxylation is 1. The highest BCUT2D eigenvalue weighted by Gasteiger charge is 2.05. The molecule has 0 amide bonds. The van der Waals surface area contributed by atoms with Gasteiger partial charge in [0, 0.05) is 5.75 Å². The van der Waals surface area contributed by atoms with Crippen LogP contribution in [0.2, 0.25) is 0 Å². The average molecular weight is 276 g/mol. The summed E-state index contributed by atoms with van der Waals surface area (Å²) >= 11 is 1.63. The van der Waals surface area contributed by atoms with Crippen LogP contribution >= 0.6 is 11.8 Å². The molecule has 0 aliphatic rings. The molecule has 19 heavy (non-hydrogen) atoms. The molecular weight excluding hydrogens is 260 g/mol. The minimum atomic E-state index is -0.264. The number of hydrogen-bond acceptors (Lipinski definition) is 4. The molecule has 2 aromatic rings. The van der Waals surface area contributed by atoms with Crippen molar-refractivity contribution in [3.63, 3.8) is 0 Å². The lowest BCUT2D eigenvalue weighted by Gasteiger charge is -2.03. The van der Waals surface area contributed by atoms with E-state index in [4.69, 9.17) is 9.15 Å². The maximum absolute atomic E-state index is 11.6. The van der Waals surface area contributed by atoms with Gasteiger partial charge in [-0.15, -0.1) is 0 Å². The largest absolute Gasteiger partial charge is 0.462 e. The predicted molar refractivity (Wildman–Crippen MR) is 75.5 cm³/mol. The Bertz CT molecular complexity index is 519. The number of benzene rings is 1. The smallest absolute Gasteiger partial charge is 0.338 e. The van der Waals surface area contributed by atoms with E-state index in [0.717, 1.165) is 23.0 Å². The highest BCUT2D eigenvalue weighted by Crippen LogP contribution is 2.21. The molecule has 0 atom stereocenters. The fourth-order valence-corrected chi connectivity index (χ4v) is 2.36. The number of thioether (sulfide) groups is 1. The maximum Gasteiger partial charge on any atom is 0.338 e. The third-order valence-electron chi connectivity index (χ3n) is 2.49. The van der Waals surface area contributed by atoms with Crippen molar-refractivity contribution >= 4 is 17.7 Å². The van der Waals surface area contributed by atoms with E-state index < -0.39 is 0 Å². The molecule has 0 bridgehead atoms. The normalized spacial score (nSPS) is 10.4. The first-order valence-corrected chi connectivity index (χ1v) is 7.15. The van der Waals surface area contributed by atoms with Crippen LogP contribution in [0.15, 0.2) is 52.0 Å². The summed E-state index contributed by atoms with van der Waals surface area (Å²) in [5, 5.41) is 0.909. The van der Waals surface area contributed by atoms with Crippen LogP contribution in [0.4, 0.5) is 0 Å². The fourth-order valence-electron chi connectivity index (χ4n) is 1.54. The van der Waals surface area contributed by atoms with Gasteiger partial charge in [-0.25, -0.2) is 4.79 Å². The number of hydrogen-bond donors (Lipinski definition) is 0. The number of ether oxygens (including phenoxy) is 1. The second-order valence-corrected chi connectivity index (χ2v) is 5.17. The van der Waals surface area contributed by atoms with Gasteiger partial charge in [-0.3, -0.25) is 0 Å². The van der Waals surface area contributed by atoms with E-state index in [2.05, 4.69) is 0 Å². The number of carbonyl (C=O) groups excluding carboxylic acids is 1. The SMILES string of the molecule is Cc1ccc(SCCCOC(=O)c2ccccc2)o1. The summed E-state index contributed by atoms with van der Waals surface area (Å²) in [6.07, 6.45) is 0.809. The molecule has 3 nitrogen and oxygen atoms in total. The maximum atomic E-state index is 11.6. The van der Waals surface area contributed by atoms with Crippen LogP contribution in [-0.2, 0) is 4.74 Å². The van der Waals surface area contributed by atoms with Crippen LogP contribution in [-0.4, -0.2) is 18.3 Å². The van der Waals surface area contributed by atoms with Crippen LogP contribution in [0.3, 0.4) is 0 Å². The molecule has 1 aromatic heterocycles. The van der Waals surface area contributed by atoms with E-state index in [1.807, 2.05) is 37.3 Å². The second kappa shape index (κ2) is 7.04. The van der Waals surface area contributed by atoms with Gasteiger partial charge in [-0.05, 0) is 37.6 Å². The van der Waals surface area contributed by atoms with Crippen molar-refractivity contribution in [1.29, 1.82) is 0 Å². The number of furan rings is 1. The number of esters is 1. The van der Waals surface area contributed by atoms with Crippen molar-refractivity contribution in [2.24, 2.45) is 0 Å². The molecule has 2 rings (SSSR count). The molecule has 0 aliphatic heterocycles. The molecular formula is C15H16O3S. The zero-order chi connectivity index (χ0) is 13.5. The van der Waals surface area contributed by atoms with Crippen molar-refractivity contribution < 1.29 is 13.9 Å². The van der Waals surface area contributed by atoms with Crippen molar-refractivity contribution in [2.45, 2.75) is 18.4 Å². The van der Waals surface area contributed by atoms with Crippen molar-refractivity contribution in [2.75, 3.05) is 12.4 Å². The molecule has 4 heteroatoms. The zero-order valence-electron chi connectivity index (χ0n) is 10.8. The Labute approximate surface area is 117 Å². The van der Waals surface area contributed by atoms with Gasteiger partial charge in [0.2, 0.25) is 0 Å². The second-order valence-electron chi connectivity index (χ2n) is 4.07. The topological polar surface area (TPSA) is 39.4 Å². The highest BCUT2D eigenvalue weighted by molar-refractivity contribution is 7.99. The van der Waals surface area contributed by atoms with Gasteiger partial charge in [0.25, 0.3) is 0 Å². The molecule has 0 saturated heterocycles. The summed E-state index contributed by atoms with van der Waals surface area (Å²) in [5.41, 5.74) is 0.594. The first-order chi connectivity index (χ1) is 9.25. The summed E-state index contributed by atoms with van der Waals surface area (Å²) in [7, 11) is 0. The predicted octanol–water partition coefficient (Wildman–Crippen LogP) is 3.93. The molecule has 0 N–H and O–H groups in total. The third-order valence-corrected chi connectivity index (χ3v) is 3.49. The first-order valence-electron chi connectivity index (χ1n) is 6.17. The van der Waals surface area contributed by atoms with Gasteiger partial charge in [-0.1, -0.05) is 30.0 Å². The molecule has 0 unspecified atom stereocenters. The Kier molecular flexibility index (Phi) is 5.10. The minimum Gasteiger partial charge on any atom is -0.462 e. The molecule has 1 aromatic carbocycles. The third kappa shape index (κ3) is 4.48. The lowest BCUT2D eigenvalue weighted by Crippen LogP contribution is -2.06. The van der Waals surface area contributed by atoms with Gasteiger partial charge in [0.15, 0.2) is 5.09 Å². The van der Waals surface area contributed by atoms with E-state index in [1.54, 1.807) is 23.9 Å². The zero-order valence-corrected chi connectivity index (χ0v) is 11.6. The monoisotopic (exact) mass is 276 g/mol. The van der Waals surface area contributed by atoms with Gasteiger partial charge in [-0.2, -0.15) is 0 Å². The van der Waals surface area contributed by atoms with Crippen LogP contribution < -0.4 is 0 Å². The van der Waals surface area contributed by atoms with Crippen LogP contribution in [0.25, 0.3) is 0 Å². The molecule has 0 aliphatic carbocycles. The van der Waals surface area contributed by atoms with Gasteiger partial charge >= 0.3 is 5.97 Å². The summed E-state index contributed by atoms with van der Waals surface area (Å²) < 4.78 is 10.6. The van der Waals surface area contributed by atoms with E-state index in [9.17, 15) is 4.79 Å². The van der Waals surface area contributed by atoms with Crippen LogP contribution in [0.1, 0.15) is 22.5 Å². The van der Waals surface area contributed by atoms with Crippen molar-refractivity contribution in [3.8, 4) is 0 Å². The molecule has 1 heterocycles. The van der Waals surface area contributed by atoms with Crippen molar-refractivity contribution in [1.82, 2.24) is 0 Å². The first kappa shape index (κ1) is 13.7. The number of carbonyl (C=O) groups is 1. The lowest BCUT2D eigenvalue weighted by molar-refractivity contribution is 0.0506. The van der Waals surface area contributed by atoms with Crippen LogP contribution in [0, 0.1) is 6.92 Å². The Morgan fingerprint density at radius 2 is 2.00 bits per heavy atom. The lowest BCUT2D eigenvalue weighted by atomic mass is 10.2. The van der Waals surface area contributed by atoms with E-state index in [1.165, 1.54) is 0 Å². The Morgan fingerprint density at radius 3 is 2.68 bits per heavy atom. The Balaban J connectivity index is 1.63. The summed E-state index contributed by atoms with van der Waals surface area (Å²) in [6, 6.07) is 12.9. The quantitative estimate of drug-likeness (QED) is 0.455. The van der Waals surface area contributed by atoms with E-state index >= 15 is 0 Å². The molecule has 100 valence electrons. The Morgan fingerprint density at radius 1 is 1.21 bits per heavy atom. The van der Waals surface area contributed by atoms with Gasteiger partial charge in [0.1, 0.15) is 5.76 Å². The molecule has 0 spiro atoms. The fraction of sp³-hybridized carbons (Fsp3) is 0.267. The molecule has 0 fully saturated rings. The summed E-state index contributed by atoms with van der Waals surface area (Å²) in [6.45, 7) is 2.35. The van der Waals surface area contributed by atoms with E-state index in [-0.39, 0.29) is 5.97 Å². The summed E-state index contributed by atoms with van der Waals surface area (Å²) in [4.78, 5) is 11.6. The van der Waals surface area contributed by atoms with Crippen molar-refractivity contribution in [3.05, 3.63) is 53.8 Å².